The van der Waals surface area contributed by atoms with E-state index in [-0.39, 0.29) is 0 Å². The van der Waals surface area contributed by atoms with E-state index < -0.39 is 0 Å². The maximum absolute atomic E-state index is 2.67. The third-order valence-electron chi connectivity index (χ3n) is 2.92. The summed E-state index contributed by atoms with van der Waals surface area (Å²) in [5.41, 5.74) is 0.457. The van der Waals surface area contributed by atoms with Crippen molar-refractivity contribution in [2.24, 2.45) is 5.41 Å². The largest absolute Gasteiger partial charge is 0.300 e. The van der Waals surface area contributed by atoms with Gasteiger partial charge in [0, 0.05) is 12.6 Å². The van der Waals surface area contributed by atoms with Crippen molar-refractivity contribution in [3.05, 3.63) is 0 Å². The zero-order chi connectivity index (χ0) is 9.90. The number of nitrogens with zero attached hydrogens (tertiary/aromatic N) is 1. The van der Waals surface area contributed by atoms with Gasteiger partial charge in [0.15, 0.2) is 0 Å². The zero-order valence-electron chi connectivity index (χ0n) is 9.77. The van der Waals surface area contributed by atoms with Crippen LogP contribution in [0.2, 0.25) is 0 Å². The van der Waals surface area contributed by atoms with E-state index in [4.69, 9.17) is 0 Å². The fourth-order valence-corrected chi connectivity index (χ4v) is 2.38. The fourth-order valence-electron chi connectivity index (χ4n) is 2.38. The second-order valence-electron chi connectivity index (χ2n) is 5.56. The molecular formula is C12H25N. The molecule has 0 atom stereocenters. The normalized spacial score (nSPS) is 20.1. The maximum Gasteiger partial charge on any atom is 0.00953 e. The Bertz CT molecular complexity index is 140. The van der Waals surface area contributed by atoms with E-state index >= 15 is 0 Å². The standard InChI is InChI=1S/C12H25N/c1-5-13(10-12(2,3)4)11-8-6-7-9-11/h11H,5-10H2,1-4H3. The van der Waals surface area contributed by atoms with E-state index in [0.717, 1.165) is 6.04 Å². The molecule has 0 bridgehead atoms. The third-order valence-corrected chi connectivity index (χ3v) is 2.92. The summed E-state index contributed by atoms with van der Waals surface area (Å²) in [6.45, 7) is 11.8. The zero-order valence-corrected chi connectivity index (χ0v) is 9.77. The molecule has 1 rings (SSSR count). The average Bonchev–Trinajstić information content (AvgIpc) is 2.50. The highest BCUT2D eigenvalue weighted by atomic mass is 15.2. The summed E-state index contributed by atoms with van der Waals surface area (Å²) in [6, 6.07) is 0.893. The van der Waals surface area contributed by atoms with Crippen LogP contribution in [0.1, 0.15) is 53.4 Å². The summed E-state index contributed by atoms with van der Waals surface area (Å²) in [5.74, 6) is 0. The summed E-state index contributed by atoms with van der Waals surface area (Å²) < 4.78 is 0. The molecule has 0 spiro atoms. The molecule has 1 aliphatic carbocycles. The van der Waals surface area contributed by atoms with Crippen molar-refractivity contribution in [2.75, 3.05) is 13.1 Å². The monoisotopic (exact) mass is 183 g/mol. The molecule has 0 unspecified atom stereocenters. The highest BCUT2D eigenvalue weighted by molar-refractivity contribution is 4.79. The van der Waals surface area contributed by atoms with Gasteiger partial charge in [-0.15, -0.1) is 0 Å². The summed E-state index contributed by atoms with van der Waals surface area (Å²) in [6.07, 6.45) is 5.77. The number of hydrogen-bond acceptors (Lipinski definition) is 1. The molecule has 0 heterocycles. The van der Waals surface area contributed by atoms with E-state index in [1.807, 2.05) is 0 Å². The summed E-state index contributed by atoms with van der Waals surface area (Å²) >= 11 is 0. The van der Waals surface area contributed by atoms with Crippen molar-refractivity contribution in [3.63, 3.8) is 0 Å². The van der Waals surface area contributed by atoms with Gasteiger partial charge in [-0.05, 0) is 24.8 Å². The SMILES string of the molecule is CCN(CC(C)(C)C)C1CCCC1. The quantitative estimate of drug-likeness (QED) is 0.649. The Labute approximate surface area is 83.5 Å². The molecule has 13 heavy (non-hydrogen) atoms. The Morgan fingerprint density at radius 1 is 1.15 bits per heavy atom. The first-order valence-electron chi connectivity index (χ1n) is 5.77. The highest BCUT2D eigenvalue weighted by Gasteiger charge is 2.24. The van der Waals surface area contributed by atoms with Crippen LogP contribution >= 0.6 is 0 Å². The van der Waals surface area contributed by atoms with E-state index in [1.165, 1.54) is 38.8 Å². The molecule has 0 aromatic carbocycles. The number of hydrogen-bond donors (Lipinski definition) is 0. The summed E-state index contributed by atoms with van der Waals surface area (Å²) in [4.78, 5) is 2.67. The van der Waals surface area contributed by atoms with Crippen LogP contribution in [0.25, 0.3) is 0 Å². The Morgan fingerprint density at radius 2 is 1.69 bits per heavy atom. The first kappa shape index (κ1) is 11.0. The topological polar surface area (TPSA) is 3.24 Å². The van der Waals surface area contributed by atoms with Crippen LogP contribution < -0.4 is 0 Å². The molecule has 0 saturated heterocycles. The van der Waals surface area contributed by atoms with Crippen LogP contribution in [0.15, 0.2) is 0 Å². The lowest BCUT2D eigenvalue weighted by molar-refractivity contribution is 0.147. The van der Waals surface area contributed by atoms with E-state index in [1.54, 1.807) is 0 Å². The second-order valence-corrected chi connectivity index (χ2v) is 5.56. The lowest BCUT2D eigenvalue weighted by Gasteiger charge is -2.33. The van der Waals surface area contributed by atoms with Gasteiger partial charge >= 0.3 is 0 Å². The van der Waals surface area contributed by atoms with Crippen LogP contribution in [-0.2, 0) is 0 Å². The van der Waals surface area contributed by atoms with Gasteiger partial charge < -0.3 is 4.90 Å². The molecule has 0 aromatic rings. The van der Waals surface area contributed by atoms with Gasteiger partial charge in [-0.1, -0.05) is 40.5 Å². The van der Waals surface area contributed by atoms with Gasteiger partial charge in [-0.25, -0.2) is 0 Å². The van der Waals surface area contributed by atoms with Crippen molar-refractivity contribution in [2.45, 2.75) is 59.4 Å². The fraction of sp³-hybridized carbons (Fsp3) is 1.00. The molecule has 0 aromatic heterocycles. The second kappa shape index (κ2) is 4.45. The average molecular weight is 183 g/mol. The minimum Gasteiger partial charge on any atom is -0.300 e. The van der Waals surface area contributed by atoms with Gasteiger partial charge in [0.05, 0.1) is 0 Å². The highest BCUT2D eigenvalue weighted by Crippen LogP contribution is 2.26. The lowest BCUT2D eigenvalue weighted by Crippen LogP contribution is -2.39. The molecular weight excluding hydrogens is 158 g/mol. The molecule has 0 aliphatic heterocycles. The minimum absolute atomic E-state index is 0.457. The first-order chi connectivity index (χ1) is 6.03. The summed E-state index contributed by atoms with van der Waals surface area (Å²) in [5, 5.41) is 0. The predicted molar refractivity (Wildman–Crippen MR) is 59.0 cm³/mol. The van der Waals surface area contributed by atoms with Crippen LogP contribution in [0, 0.1) is 5.41 Å². The smallest absolute Gasteiger partial charge is 0.00953 e. The summed E-state index contributed by atoms with van der Waals surface area (Å²) in [7, 11) is 0. The van der Waals surface area contributed by atoms with Crippen LogP contribution in [0.5, 0.6) is 0 Å². The number of rotatable bonds is 3. The van der Waals surface area contributed by atoms with Gasteiger partial charge in [-0.2, -0.15) is 0 Å². The Morgan fingerprint density at radius 3 is 2.08 bits per heavy atom. The van der Waals surface area contributed by atoms with Crippen LogP contribution in [0.3, 0.4) is 0 Å². The van der Waals surface area contributed by atoms with Crippen LogP contribution in [0.4, 0.5) is 0 Å². The molecule has 1 saturated carbocycles. The van der Waals surface area contributed by atoms with Gasteiger partial charge in [-0.3, -0.25) is 0 Å². The predicted octanol–water partition coefficient (Wildman–Crippen LogP) is 3.30. The maximum atomic E-state index is 2.67. The van der Waals surface area contributed by atoms with E-state index in [0.29, 0.717) is 5.41 Å². The van der Waals surface area contributed by atoms with Gasteiger partial charge in [0.25, 0.3) is 0 Å². The first-order valence-corrected chi connectivity index (χ1v) is 5.77. The lowest BCUT2D eigenvalue weighted by atomic mass is 9.95. The Kier molecular flexibility index (Phi) is 3.78. The van der Waals surface area contributed by atoms with Crippen LogP contribution in [-0.4, -0.2) is 24.0 Å². The molecule has 78 valence electrons. The van der Waals surface area contributed by atoms with Crippen molar-refractivity contribution in [1.82, 2.24) is 4.90 Å². The molecule has 1 aliphatic rings. The molecule has 0 amide bonds. The Hall–Kier alpha value is -0.0400. The van der Waals surface area contributed by atoms with Crippen molar-refractivity contribution >= 4 is 0 Å². The van der Waals surface area contributed by atoms with Gasteiger partial charge in [0.1, 0.15) is 0 Å². The molecule has 0 radical (unpaired) electrons. The van der Waals surface area contributed by atoms with Crippen molar-refractivity contribution < 1.29 is 0 Å². The van der Waals surface area contributed by atoms with Crippen molar-refractivity contribution in [3.8, 4) is 0 Å². The molecule has 0 N–H and O–H groups in total. The Balaban J connectivity index is 2.42. The molecule has 1 nitrogen and oxygen atoms in total. The van der Waals surface area contributed by atoms with E-state index in [2.05, 4.69) is 32.6 Å². The molecule has 1 heteroatoms. The molecule has 1 fully saturated rings. The van der Waals surface area contributed by atoms with E-state index in [9.17, 15) is 0 Å². The third kappa shape index (κ3) is 3.68. The van der Waals surface area contributed by atoms with Gasteiger partial charge in [0.2, 0.25) is 0 Å². The minimum atomic E-state index is 0.457. The van der Waals surface area contributed by atoms with Crippen molar-refractivity contribution in [1.29, 1.82) is 0 Å².